The van der Waals surface area contributed by atoms with Gasteiger partial charge in [-0.25, -0.2) is 0 Å². The van der Waals surface area contributed by atoms with Crippen LogP contribution >= 0.6 is 0 Å². The Bertz CT molecular complexity index is 703. The van der Waals surface area contributed by atoms with E-state index in [0.717, 1.165) is 56.6 Å². The minimum Gasteiger partial charge on any atom is -0.468 e. The molecule has 2 N–H and O–H groups in total. The summed E-state index contributed by atoms with van der Waals surface area (Å²) < 4.78 is 7.74. The molecule has 156 valence electrons. The molecule has 0 bridgehead atoms. The normalized spacial score (nSPS) is 13.1. The summed E-state index contributed by atoms with van der Waals surface area (Å²) in [7, 11) is 0. The summed E-state index contributed by atoms with van der Waals surface area (Å²) in [4.78, 5) is 7.19. The van der Waals surface area contributed by atoms with Gasteiger partial charge in [0.15, 0.2) is 5.96 Å². The van der Waals surface area contributed by atoms with Gasteiger partial charge in [0.25, 0.3) is 0 Å². The van der Waals surface area contributed by atoms with Crippen molar-refractivity contribution >= 4 is 5.96 Å². The molecule has 1 unspecified atom stereocenters. The largest absolute Gasteiger partial charge is 0.468 e. The highest BCUT2D eigenvalue weighted by Crippen LogP contribution is 2.21. The van der Waals surface area contributed by atoms with Crippen molar-refractivity contribution in [1.82, 2.24) is 25.3 Å². The quantitative estimate of drug-likeness (QED) is 0.352. The van der Waals surface area contributed by atoms with Crippen molar-refractivity contribution in [2.45, 2.75) is 53.6 Å². The first-order chi connectivity index (χ1) is 13.6. The van der Waals surface area contributed by atoms with Gasteiger partial charge in [-0.3, -0.25) is 14.6 Å². The summed E-state index contributed by atoms with van der Waals surface area (Å²) in [5.41, 5.74) is 2.28. The monoisotopic (exact) mass is 388 g/mol. The summed E-state index contributed by atoms with van der Waals surface area (Å²) in [6.07, 6.45) is 2.72. The van der Waals surface area contributed by atoms with Crippen molar-refractivity contribution in [3.05, 3.63) is 41.6 Å². The highest BCUT2D eigenvalue weighted by atomic mass is 16.3. The van der Waals surface area contributed by atoms with Crippen LogP contribution in [0.5, 0.6) is 0 Å². The van der Waals surface area contributed by atoms with E-state index in [2.05, 4.69) is 59.1 Å². The first-order valence-corrected chi connectivity index (χ1v) is 10.4. The lowest BCUT2D eigenvalue weighted by molar-refractivity contribution is 0.198. The predicted octanol–water partition coefficient (Wildman–Crippen LogP) is 3.12. The molecular weight excluding hydrogens is 352 g/mol. The summed E-state index contributed by atoms with van der Waals surface area (Å²) >= 11 is 0. The van der Waals surface area contributed by atoms with E-state index >= 15 is 0 Å². The van der Waals surface area contributed by atoms with Gasteiger partial charge in [-0.2, -0.15) is 5.10 Å². The smallest absolute Gasteiger partial charge is 0.191 e. The fourth-order valence-corrected chi connectivity index (χ4v) is 3.39. The summed E-state index contributed by atoms with van der Waals surface area (Å²) in [6.45, 7) is 15.7. The van der Waals surface area contributed by atoms with Gasteiger partial charge >= 0.3 is 0 Å². The van der Waals surface area contributed by atoms with E-state index in [4.69, 9.17) is 9.41 Å². The molecule has 0 spiro atoms. The maximum Gasteiger partial charge on any atom is 0.191 e. The second-order valence-electron chi connectivity index (χ2n) is 6.90. The van der Waals surface area contributed by atoms with Crippen LogP contribution in [0.3, 0.4) is 0 Å². The predicted molar refractivity (Wildman–Crippen MR) is 115 cm³/mol. The molecule has 2 aromatic rings. The Hall–Kier alpha value is -2.28. The van der Waals surface area contributed by atoms with Crippen LogP contribution in [0.15, 0.2) is 33.9 Å². The Kier molecular flexibility index (Phi) is 9.07. The highest BCUT2D eigenvalue weighted by molar-refractivity contribution is 5.79. The molecule has 2 heterocycles. The zero-order chi connectivity index (χ0) is 20.4. The Morgan fingerprint density at radius 2 is 2.04 bits per heavy atom. The number of likely N-dealkylation sites (N-methyl/N-ethyl adjacent to an activating group) is 1. The number of hydrogen-bond acceptors (Lipinski definition) is 4. The number of aryl methyl sites for hydroxylation is 3. The molecule has 0 aliphatic rings. The van der Waals surface area contributed by atoms with Crippen LogP contribution in [0.1, 0.15) is 50.4 Å². The molecule has 0 saturated carbocycles. The van der Waals surface area contributed by atoms with Gasteiger partial charge in [0.2, 0.25) is 0 Å². The van der Waals surface area contributed by atoms with Crippen molar-refractivity contribution in [2.75, 3.05) is 32.7 Å². The molecule has 2 aromatic heterocycles. The van der Waals surface area contributed by atoms with Gasteiger partial charge in [-0.15, -0.1) is 0 Å². The fourth-order valence-electron chi connectivity index (χ4n) is 3.39. The third-order valence-corrected chi connectivity index (χ3v) is 4.83. The molecule has 0 aliphatic carbocycles. The minimum atomic E-state index is 0.148. The number of aromatic nitrogens is 2. The molecule has 7 heteroatoms. The molecule has 0 fully saturated rings. The Morgan fingerprint density at radius 1 is 1.25 bits per heavy atom. The number of furan rings is 1. The van der Waals surface area contributed by atoms with Gasteiger partial charge < -0.3 is 15.1 Å². The lowest BCUT2D eigenvalue weighted by Gasteiger charge is -2.27. The van der Waals surface area contributed by atoms with Gasteiger partial charge in [-0.05, 0) is 58.5 Å². The lowest BCUT2D eigenvalue weighted by atomic mass is 10.2. The van der Waals surface area contributed by atoms with E-state index in [0.29, 0.717) is 6.54 Å². The van der Waals surface area contributed by atoms with E-state index in [-0.39, 0.29) is 6.04 Å². The number of nitrogens with zero attached hydrogens (tertiary/aromatic N) is 4. The minimum absolute atomic E-state index is 0.148. The molecule has 0 aromatic carbocycles. The van der Waals surface area contributed by atoms with Crippen LogP contribution < -0.4 is 10.6 Å². The van der Waals surface area contributed by atoms with Crippen LogP contribution in [0, 0.1) is 13.8 Å². The Balaban J connectivity index is 1.92. The van der Waals surface area contributed by atoms with E-state index < -0.39 is 0 Å². The topological polar surface area (TPSA) is 70.6 Å². The second kappa shape index (κ2) is 11.5. The SMILES string of the molecule is CCNC(=NCC(c1ccco1)N(CC)CC)NCCCn1nc(C)cc1C. The number of aliphatic imine (C=N–C) groups is 1. The van der Waals surface area contributed by atoms with Gasteiger partial charge in [0.1, 0.15) is 5.76 Å². The first kappa shape index (κ1) is 22.0. The van der Waals surface area contributed by atoms with E-state index in [1.54, 1.807) is 6.26 Å². The van der Waals surface area contributed by atoms with Crippen molar-refractivity contribution in [3.8, 4) is 0 Å². The van der Waals surface area contributed by atoms with Crippen LogP contribution in [0.4, 0.5) is 0 Å². The lowest BCUT2D eigenvalue weighted by Crippen LogP contribution is -2.39. The molecule has 0 saturated heterocycles. The number of hydrogen-bond donors (Lipinski definition) is 2. The van der Waals surface area contributed by atoms with Gasteiger partial charge in [0.05, 0.1) is 24.5 Å². The Morgan fingerprint density at radius 3 is 2.61 bits per heavy atom. The number of rotatable bonds is 11. The summed E-state index contributed by atoms with van der Waals surface area (Å²) in [5, 5.41) is 11.3. The zero-order valence-electron chi connectivity index (χ0n) is 18.0. The molecule has 2 rings (SSSR count). The van der Waals surface area contributed by atoms with Crippen molar-refractivity contribution in [2.24, 2.45) is 4.99 Å². The molecule has 7 nitrogen and oxygen atoms in total. The molecule has 0 amide bonds. The molecule has 28 heavy (non-hydrogen) atoms. The van der Waals surface area contributed by atoms with Crippen LogP contribution in [-0.4, -0.2) is 53.4 Å². The maximum atomic E-state index is 5.67. The average molecular weight is 389 g/mol. The molecular formula is C21H36N6O. The van der Waals surface area contributed by atoms with Crippen molar-refractivity contribution < 1.29 is 4.42 Å². The fraction of sp³-hybridized carbons (Fsp3) is 0.619. The molecule has 0 aliphatic heterocycles. The number of guanidine groups is 1. The summed E-state index contributed by atoms with van der Waals surface area (Å²) in [6, 6.07) is 6.24. The van der Waals surface area contributed by atoms with Crippen molar-refractivity contribution in [1.29, 1.82) is 0 Å². The highest BCUT2D eigenvalue weighted by Gasteiger charge is 2.20. The third kappa shape index (κ3) is 6.41. The van der Waals surface area contributed by atoms with Gasteiger partial charge in [-0.1, -0.05) is 13.8 Å². The Labute approximate surface area is 169 Å². The zero-order valence-corrected chi connectivity index (χ0v) is 18.0. The standard InChI is InChI=1S/C21H36N6O/c1-6-22-21(23-12-10-13-27-18(5)15-17(4)25-27)24-16-19(26(7-2)8-3)20-11-9-14-28-20/h9,11,14-15,19H,6-8,10,12-13,16H2,1-5H3,(H2,22,23,24). The molecule has 0 radical (unpaired) electrons. The van der Waals surface area contributed by atoms with E-state index in [9.17, 15) is 0 Å². The molecule has 1 atom stereocenters. The summed E-state index contributed by atoms with van der Waals surface area (Å²) in [5.74, 6) is 1.81. The third-order valence-electron chi connectivity index (χ3n) is 4.83. The van der Waals surface area contributed by atoms with Crippen LogP contribution in [0.25, 0.3) is 0 Å². The van der Waals surface area contributed by atoms with Crippen LogP contribution in [-0.2, 0) is 6.54 Å². The second-order valence-corrected chi connectivity index (χ2v) is 6.90. The average Bonchev–Trinajstić information content (AvgIpc) is 3.31. The maximum absolute atomic E-state index is 5.67. The van der Waals surface area contributed by atoms with Gasteiger partial charge in [0, 0.05) is 25.3 Å². The van der Waals surface area contributed by atoms with E-state index in [1.807, 2.05) is 19.1 Å². The van der Waals surface area contributed by atoms with Crippen molar-refractivity contribution in [3.63, 3.8) is 0 Å². The number of nitrogens with one attached hydrogen (secondary N) is 2. The first-order valence-electron chi connectivity index (χ1n) is 10.4. The van der Waals surface area contributed by atoms with Crippen LogP contribution in [0.2, 0.25) is 0 Å². The van der Waals surface area contributed by atoms with E-state index in [1.165, 1.54) is 5.69 Å².